The average Bonchev–Trinajstić information content (AvgIpc) is 2.72. The van der Waals surface area contributed by atoms with Crippen molar-refractivity contribution in [1.82, 2.24) is 14.9 Å². The largest absolute Gasteiger partial charge is 0.383 e. The van der Waals surface area contributed by atoms with Crippen LogP contribution >= 0.6 is 0 Å². The Morgan fingerprint density at radius 2 is 2.24 bits per heavy atom. The zero-order chi connectivity index (χ0) is 12.7. The van der Waals surface area contributed by atoms with Gasteiger partial charge in [0.25, 0.3) is 0 Å². The summed E-state index contributed by atoms with van der Waals surface area (Å²) in [6, 6.07) is -0.778. The van der Waals surface area contributed by atoms with Gasteiger partial charge in [0.2, 0.25) is 10.0 Å². The predicted molar refractivity (Wildman–Crippen MR) is 60.0 cm³/mol. The number of sulfone groups is 1. The molecular formula is C7H10N4O4S2. The summed E-state index contributed by atoms with van der Waals surface area (Å²) >= 11 is 0. The molecule has 4 N–H and O–H groups in total. The van der Waals surface area contributed by atoms with E-state index in [0.29, 0.717) is 0 Å². The molecule has 0 aromatic carbocycles. The van der Waals surface area contributed by atoms with Crippen LogP contribution in [0.5, 0.6) is 0 Å². The molecule has 1 aliphatic heterocycles. The van der Waals surface area contributed by atoms with E-state index in [0.717, 1.165) is 11.6 Å². The number of nitrogens with two attached hydrogens (primary N) is 1. The highest BCUT2D eigenvalue weighted by atomic mass is 32.2. The molecule has 1 atom stereocenters. The number of H-pyrrole nitrogens is 1. The fourth-order valence-electron chi connectivity index (χ4n) is 1.41. The van der Waals surface area contributed by atoms with Gasteiger partial charge in [0.05, 0.1) is 18.0 Å². The van der Waals surface area contributed by atoms with Gasteiger partial charge in [0.15, 0.2) is 9.84 Å². The molecule has 0 aliphatic carbocycles. The van der Waals surface area contributed by atoms with Crippen molar-refractivity contribution in [2.75, 3.05) is 11.5 Å². The standard InChI is InChI=1S/C7H10N4O4S2/c8-7-6(3-9-10-7)17(14,15)11-5-1-2-16(12,13)4-5/h1-3,5,11H,4H2,(H3,8,9,10). The quantitative estimate of drug-likeness (QED) is 0.621. The minimum absolute atomic E-state index is 0.0951. The third-order valence-corrected chi connectivity index (χ3v) is 5.07. The van der Waals surface area contributed by atoms with E-state index >= 15 is 0 Å². The molecule has 0 amide bonds. The summed E-state index contributed by atoms with van der Waals surface area (Å²) in [5.41, 5.74) is 5.38. The van der Waals surface area contributed by atoms with Crippen LogP contribution in [0.25, 0.3) is 0 Å². The van der Waals surface area contributed by atoms with E-state index in [1.54, 1.807) is 0 Å². The topological polar surface area (TPSA) is 135 Å². The molecule has 1 aromatic rings. The van der Waals surface area contributed by atoms with Gasteiger partial charge < -0.3 is 5.73 Å². The lowest BCUT2D eigenvalue weighted by Gasteiger charge is -2.09. The van der Waals surface area contributed by atoms with Gasteiger partial charge in [-0.2, -0.15) is 5.10 Å². The van der Waals surface area contributed by atoms with Crippen molar-refractivity contribution in [2.24, 2.45) is 0 Å². The summed E-state index contributed by atoms with van der Waals surface area (Å²) in [6.45, 7) is 0. The van der Waals surface area contributed by atoms with Crippen molar-refractivity contribution in [3.05, 3.63) is 17.7 Å². The van der Waals surface area contributed by atoms with E-state index in [4.69, 9.17) is 5.73 Å². The Morgan fingerprint density at radius 1 is 1.53 bits per heavy atom. The van der Waals surface area contributed by atoms with Crippen molar-refractivity contribution in [3.63, 3.8) is 0 Å². The highest BCUT2D eigenvalue weighted by Crippen LogP contribution is 2.16. The number of nitrogen functional groups attached to an aromatic ring is 1. The first-order valence-electron chi connectivity index (χ1n) is 4.52. The zero-order valence-electron chi connectivity index (χ0n) is 8.49. The van der Waals surface area contributed by atoms with E-state index in [2.05, 4.69) is 14.9 Å². The van der Waals surface area contributed by atoms with Gasteiger partial charge in [0, 0.05) is 5.41 Å². The summed E-state index contributed by atoms with van der Waals surface area (Å²) in [4.78, 5) is -0.199. The molecule has 0 spiro atoms. The van der Waals surface area contributed by atoms with Crippen LogP contribution in [0.3, 0.4) is 0 Å². The molecule has 0 bridgehead atoms. The second-order valence-electron chi connectivity index (χ2n) is 3.53. The van der Waals surface area contributed by atoms with Crippen LogP contribution in [0.15, 0.2) is 22.6 Å². The third-order valence-electron chi connectivity index (χ3n) is 2.16. The van der Waals surface area contributed by atoms with Crippen LogP contribution in [0.4, 0.5) is 5.82 Å². The summed E-state index contributed by atoms with van der Waals surface area (Å²) in [6.07, 6.45) is 2.34. The van der Waals surface area contributed by atoms with Crippen molar-refractivity contribution in [3.8, 4) is 0 Å². The first kappa shape index (κ1) is 12.1. The molecule has 1 unspecified atom stereocenters. The lowest BCUT2D eigenvalue weighted by atomic mass is 10.4. The molecule has 1 aromatic heterocycles. The number of nitrogens with one attached hydrogen (secondary N) is 2. The molecule has 2 rings (SSSR count). The third kappa shape index (κ3) is 2.48. The summed E-state index contributed by atoms with van der Waals surface area (Å²) in [5, 5.41) is 6.76. The average molecular weight is 278 g/mol. The number of aromatic nitrogens is 2. The van der Waals surface area contributed by atoms with Crippen LogP contribution in [-0.2, 0) is 19.9 Å². The van der Waals surface area contributed by atoms with Crippen molar-refractivity contribution < 1.29 is 16.8 Å². The van der Waals surface area contributed by atoms with Crippen LogP contribution in [-0.4, -0.2) is 38.8 Å². The molecule has 17 heavy (non-hydrogen) atoms. The molecule has 10 heteroatoms. The normalized spacial score (nSPS) is 22.9. The predicted octanol–water partition coefficient (Wildman–Crippen LogP) is -1.42. The lowest BCUT2D eigenvalue weighted by Crippen LogP contribution is -2.35. The van der Waals surface area contributed by atoms with Crippen molar-refractivity contribution >= 4 is 25.7 Å². The van der Waals surface area contributed by atoms with E-state index in [1.165, 1.54) is 6.08 Å². The molecule has 0 fully saturated rings. The van der Waals surface area contributed by atoms with Crippen LogP contribution < -0.4 is 10.5 Å². The molecule has 0 saturated heterocycles. The summed E-state index contributed by atoms with van der Waals surface area (Å²) in [5.74, 6) is -0.383. The number of hydrogen-bond donors (Lipinski definition) is 3. The molecule has 94 valence electrons. The lowest BCUT2D eigenvalue weighted by molar-refractivity contribution is 0.575. The van der Waals surface area contributed by atoms with Crippen LogP contribution in [0.1, 0.15) is 0 Å². The number of rotatable bonds is 3. The molecule has 8 nitrogen and oxygen atoms in total. The van der Waals surface area contributed by atoms with E-state index < -0.39 is 25.9 Å². The van der Waals surface area contributed by atoms with Crippen LogP contribution in [0.2, 0.25) is 0 Å². The molecule has 0 radical (unpaired) electrons. The Kier molecular flexibility index (Phi) is 2.72. The van der Waals surface area contributed by atoms with E-state index in [9.17, 15) is 16.8 Å². The maximum Gasteiger partial charge on any atom is 0.246 e. The van der Waals surface area contributed by atoms with Gasteiger partial charge in [-0.25, -0.2) is 21.6 Å². The Bertz CT molecular complexity index is 658. The highest BCUT2D eigenvalue weighted by molar-refractivity contribution is 7.94. The SMILES string of the molecule is Nc1[nH]ncc1S(=O)(=O)NC1C=CS(=O)(=O)C1. The van der Waals surface area contributed by atoms with Crippen molar-refractivity contribution in [1.29, 1.82) is 0 Å². The second-order valence-corrected chi connectivity index (χ2v) is 7.15. The van der Waals surface area contributed by atoms with Gasteiger partial charge in [-0.3, -0.25) is 5.10 Å². The van der Waals surface area contributed by atoms with Gasteiger partial charge in [-0.1, -0.05) is 6.08 Å². The van der Waals surface area contributed by atoms with Gasteiger partial charge >= 0.3 is 0 Å². The fraction of sp³-hybridized carbons (Fsp3) is 0.286. The Labute approximate surface area is 97.9 Å². The Hall–Kier alpha value is -1.39. The maximum absolute atomic E-state index is 11.8. The number of nitrogens with zero attached hydrogens (tertiary/aromatic N) is 1. The second kappa shape index (κ2) is 3.82. The number of aromatic amines is 1. The van der Waals surface area contributed by atoms with E-state index in [1.807, 2.05) is 0 Å². The van der Waals surface area contributed by atoms with Gasteiger partial charge in [0.1, 0.15) is 10.7 Å². The molecule has 0 saturated carbocycles. The van der Waals surface area contributed by atoms with Crippen LogP contribution in [0, 0.1) is 0 Å². The van der Waals surface area contributed by atoms with Gasteiger partial charge in [-0.05, 0) is 0 Å². The molecule has 2 heterocycles. The monoisotopic (exact) mass is 278 g/mol. The summed E-state index contributed by atoms with van der Waals surface area (Å²) in [7, 11) is -7.17. The smallest absolute Gasteiger partial charge is 0.246 e. The highest BCUT2D eigenvalue weighted by Gasteiger charge is 2.28. The summed E-state index contributed by atoms with van der Waals surface area (Å²) < 4.78 is 48.1. The minimum atomic E-state index is -3.87. The number of anilines is 1. The first-order valence-corrected chi connectivity index (χ1v) is 7.72. The molecule has 1 aliphatic rings. The maximum atomic E-state index is 11.8. The fourth-order valence-corrected chi connectivity index (χ4v) is 3.97. The molecular weight excluding hydrogens is 268 g/mol. The zero-order valence-corrected chi connectivity index (χ0v) is 10.1. The first-order chi connectivity index (χ1) is 7.80. The van der Waals surface area contributed by atoms with Crippen molar-refractivity contribution in [2.45, 2.75) is 10.9 Å². The number of sulfonamides is 1. The van der Waals surface area contributed by atoms with Gasteiger partial charge in [-0.15, -0.1) is 0 Å². The Morgan fingerprint density at radius 3 is 2.71 bits per heavy atom. The number of hydrogen-bond acceptors (Lipinski definition) is 6. The van der Waals surface area contributed by atoms with E-state index in [-0.39, 0.29) is 16.5 Å². The Balaban J connectivity index is 2.21. The minimum Gasteiger partial charge on any atom is -0.383 e.